The number of nitrogens with one attached hydrogen (secondary N) is 1. The first-order valence-electron chi connectivity index (χ1n) is 8.08. The van der Waals surface area contributed by atoms with E-state index in [0.29, 0.717) is 19.4 Å². The number of aliphatic carboxylic acids is 1. The molecule has 0 spiro atoms. The van der Waals surface area contributed by atoms with Gasteiger partial charge in [0, 0.05) is 12.1 Å². The Hall–Kier alpha value is -2.35. The van der Waals surface area contributed by atoms with Crippen molar-refractivity contribution < 1.29 is 28.6 Å². The van der Waals surface area contributed by atoms with Gasteiger partial charge in [0.15, 0.2) is 11.5 Å². The van der Waals surface area contributed by atoms with Crippen LogP contribution in [0.4, 0.5) is 4.39 Å². The molecule has 0 unspecified atom stereocenters. The van der Waals surface area contributed by atoms with Gasteiger partial charge in [0.05, 0.1) is 20.8 Å². The van der Waals surface area contributed by atoms with Crippen LogP contribution < -0.4 is 14.8 Å². The number of likely N-dealkylation sites (N-methyl/N-ethyl adjacent to an activating group) is 1. The summed E-state index contributed by atoms with van der Waals surface area (Å²) in [5.74, 6) is -1.81. The second-order valence-corrected chi connectivity index (χ2v) is 5.91. The Labute approximate surface area is 145 Å². The van der Waals surface area contributed by atoms with E-state index in [1.165, 1.54) is 20.3 Å². The molecule has 138 valence electrons. The molecular formula is C17H23FN2O5. The molecule has 0 saturated heterocycles. The van der Waals surface area contributed by atoms with Crippen molar-refractivity contribution in [2.75, 3.05) is 27.3 Å². The molecule has 2 N–H and O–H groups in total. The number of nitrogens with zero attached hydrogens (tertiary/aromatic N) is 1. The summed E-state index contributed by atoms with van der Waals surface area (Å²) in [6.45, 7) is 2.49. The molecule has 1 saturated carbocycles. The molecule has 25 heavy (non-hydrogen) atoms. The third-order valence-corrected chi connectivity index (χ3v) is 4.43. The Kier molecular flexibility index (Phi) is 6.19. The molecule has 1 fully saturated rings. The van der Waals surface area contributed by atoms with Crippen molar-refractivity contribution in [2.24, 2.45) is 0 Å². The minimum atomic E-state index is -0.877. The predicted molar refractivity (Wildman–Crippen MR) is 88.7 cm³/mol. The third kappa shape index (κ3) is 4.19. The Balaban J connectivity index is 2.02. The maximum absolute atomic E-state index is 14.1. The SMILES string of the molecule is CCN(CC(=O)O)C1CC(NC(=O)c2c(F)ccc(OC)c2OC)C1. The summed E-state index contributed by atoms with van der Waals surface area (Å²) in [7, 11) is 2.76. The Morgan fingerprint density at radius 1 is 1.32 bits per heavy atom. The molecule has 0 radical (unpaired) electrons. The fraction of sp³-hybridized carbons (Fsp3) is 0.529. The number of ether oxygens (including phenoxy) is 2. The fourth-order valence-corrected chi connectivity index (χ4v) is 3.05. The number of carbonyl (C=O) groups is 2. The molecule has 1 aromatic rings. The van der Waals surface area contributed by atoms with Gasteiger partial charge in [-0.25, -0.2) is 4.39 Å². The average molecular weight is 354 g/mol. The fourth-order valence-electron chi connectivity index (χ4n) is 3.05. The van der Waals surface area contributed by atoms with Gasteiger partial charge < -0.3 is 19.9 Å². The highest BCUT2D eigenvalue weighted by Crippen LogP contribution is 2.33. The third-order valence-electron chi connectivity index (χ3n) is 4.43. The zero-order chi connectivity index (χ0) is 18.6. The highest BCUT2D eigenvalue weighted by atomic mass is 19.1. The van der Waals surface area contributed by atoms with Crippen LogP contribution in [0.5, 0.6) is 11.5 Å². The van der Waals surface area contributed by atoms with Gasteiger partial charge in [-0.2, -0.15) is 0 Å². The zero-order valence-corrected chi connectivity index (χ0v) is 14.5. The molecule has 1 aromatic carbocycles. The lowest BCUT2D eigenvalue weighted by molar-refractivity contribution is -0.139. The van der Waals surface area contributed by atoms with Crippen LogP contribution in [-0.4, -0.2) is 61.3 Å². The van der Waals surface area contributed by atoms with Crippen molar-refractivity contribution in [3.63, 3.8) is 0 Å². The molecule has 0 aliphatic heterocycles. The highest BCUT2D eigenvalue weighted by Gasteiger charge is 2.35. The lowest BCUT2D eigenvalue weighted by Gasteiger charge is -2.42. The van der Waals surface area contributed by atoms with Crippen LogP contribution in [0, 0.1) is 5.82 Å². The molecule has 2 rings (SSSR count). The van der Waals surface area contributed by atoms with Gasteiger partial charge in [0.25, 0.3) is 5.91 Å². The van der Waals surface area contributed by atoms with Crippen LogP contribution >= 0.6 is 0 Å². The van der Waals surface area contributed by atoms with Crippen LogP contribution in [0.2, 0.25) is 0 Å². The minimum absolute atomic E-state index is 0.0276. The maximum atomic E-state index is 14.1. The normalized spacial score (nSPS) is 19.2. The number of amides is 1. The van der Waals surface area contributed by atoms with Crippen LogP contribution in [0.3, 0.4) is 0 Å². The Morgan fingerprint density at radius 3 is 2.52 bits per heavy atom. The van der Waals surface area contributed by atoms with Gasteiger partial charge in [0.2, 0.25) is 0 Å². The van der Waals surface area contributed by atoms with E-state index in [2.05, 4.69) is 5.32 Å². The Bertz CT molecular complexity index is 646. The largest absolute Gasteiger partial charge is 0.493 e. The van der Waals surface area contributed by atoms with E-state index in [-0.39, 0.29) is 35.7 Å². The van der Waals surface area contributed by atoms with Crippen molar-refractivity contribution in [3.05, 3.63) is 23.5 Å². The maximum Gasteiger partial charge on any atom is 0.317 e. The highest BCUT2D eigenvalue weighted by molar-refractivity contribution is 5.98. The molecule has 1 amide bonds. The number of carboxylic acids is 1. The van der Waals surface area contributed by atoms with Gasteiger partial charge in [-0.1, -0.05) is 6.92 Å². The minimum Gasteiger partial charge on any atom is -0.493 e. The average Bonchev–Trinajstić information content (AvgIpc) is 2.54. The number of hydrogen-bond donors (Lipinski definition) is 2. The monoisotopic (exact) mass is 354 g/mol. The summed E-state index contributed by atoms with van der Waals surface area (Å²) < 4.78 is 24.3. The lowest BCUT2D eigenvalue weighted by Crippen LogP contribution is -2.54. The number of halogens is 1. The number of carbonyl (C=O) groups excluding carboxylic acids is 1. The number of hydrogen-bond acceptors (Lipinski definition) is 5. The van der Waals surface area contributed by atoms with Crippen molar-refractivity contribution in [1.29, 1.82) is 0 Å². The van der Waals surface area contributed by atoms with Gasteiger partial charge in [-0.05, 0) is 31.5 Å². The van der Waals surface area contributed by atoms with E-state index >= 15 is 0 Å². The standard InChI is InChI=1S/C17H23FN2O5/c1-4-20(9-14(21)22)11-7-10(8-11)19-17(23)15-12(18)5-6-13(24-2)16(15)25-3/h5-6,10-11H,4,7-9H2,1-3H3,(H,19,23)(H,21,22). The van der Waals surface area contributed by atoms with Gasteiger partial charge in [-0.15, -0.1) is 0 Å². The molecular weight excluding hydrogens is 331 g/mol. The first kappa shape index (κ1) is 19.0. The van der Waals surface area contributed by atoms with Gasteiger partial charge in [-0.3, -0.25) is 14.5 Å². The van der Waals surface area contributed by atoms with E-state index in [9.17, 15) is 14.0 Å². The first-order chi connectivity index (χ1) is 11.9. The van der Waals surface area contributed by atoms with Crippen LogP contribution in [0.1, 0.15) is 30.1 Å². The molecule has 0 bridgehead atoms. The summed E-state index contributed by atoms with van der Waals surface area (Å²) in [5, 5.41) is 11.7. The second kappa shape index (κ2) is 8.15. The lowest BCUT2D eigenvalue weighted by atomic mass is 9.85. The number of benzene rings is 1. The molecule has 0 aromatic heterocycles. The molecule has 1 aliphatic carbocycles. The first-order valence-corrected chi connectivity index (χ1v) is 8.08. The van der Waals surface area contributed by atoms with Crippen molar-refractivity contribution in [3.8, 4) is 11.5 Å². The number of carboxylic acid groups (broad SMARTS) is 1. The van der Waals surface area contributed by atoms with E-state index < -0.39 is 17.7 Å². The van der Waals surface area contributed by atoms with Crippen molar-refractivity contribution in [2.45, 2.75) is 31.8 Å². The van der Waals surface area contributed by atoms with Crippen LogP contribution in [0.25, 0.3) is 0 Å². The molecule has 7 nitrogen and oxygen atoms in total. The Morgan fingerprint density at radius 2 is 2.00 bits per heavy atom. The van der Waals surface area contributed by atoms with Gasteiger partial charge in [0.1, 0.15) is 11.4 Å². The van der Waals surface area contributed by atoms with Crippen LogP contribution in [-0.2, 0) is 4.79 Å². The second-order valence-electron chi connectivity index (χ2n) is 5.91. The van der Waals surface area contributed by atoms with Crippen molar-refractivity contribution in [1.82, 2.24) is 10.2 Å². The number of rotatable bonds is 8. The van der Waals surface area contributed by atoms with Gasteiger partial charge >= 0.3 is 5.97 Å². The summed E-state index contributed by atoms with van der Waals surface area (Å²) in [5.41, 5.74) is -0.191. The topological polar surface area (TPSA) is 88.1 Å². The summed E-state index contributed by atoms with van der Waals surface area (Å²) in [6.07, 6.45) is 1.25. The molecule has 0 heterocycles. The van der Waals surface area contributed by atoms with E-state index in [1.54, 1.807) is 0 Å². The summed E-state index contributed by atoms with van der Waals surface area (Å²) >= 11 is 0. The summed E-state index contributed by atoms with van der Waals surface area (Å²) in [6, 6.07) is 2.53. The van der Waals surface area contributed by atoms with Crippen molar-refractivity contribution >= 4 is 11.9 Å². The molecule has 1 aliphatic rings. The quantitative estimate of drug-likeness (QED) is 0.736. The predicted octanol–water partition coefficient (Wildman–Crippen LogP) is 1.51. The smallest absolute Gasteiger partial charge is 0.317 e. The molecule has 8 heteroatoms. The molecule has 0 atom stereocenters. The number of methoxy groups -OCH3 is 2. The summed E-state index contributed by atoms with van der Waals surface area (Å²) in [4.78, 5) is 25.1. The van der Waals surface area contributed by atoms with Crippen LogP contribution in [0.15, 0.2) is 12.1 Å². The zero-order valence-electron chi connectivity index (χ0n) is 14.5. The van der Waals surface area contributed by atoms with E-state index in [0.717, 1.165) is 6.07 Å². The van der Waals surface area contributed by atoms with E-state index in [4.69, 9.17) is 14.6 Å². The van der Waals surface area contributed by atoms with E-state index in [1.807, 2.05) is 11.8 Å².